The van der Waals surface area contributed by atoms with E-state index in [-0.39, 0.29) is 12.2 Å². The summed E-state index contributed by atoms with van der Waals surface area (Å²) < 4.78 is 65.8. The van der Waals surface area contributed by atoms with Crippen molar-refractivity contribution >= 4 is 18.9 Å². The van der Waals surface area contributed by atoms with E-state index >= 15 is 0 Å². The van der Waals surface area contributed by atoms with Crippen LogP contribution in [0.4, 0.5) is 0 Å². The molecule has 0 aromatic heterocycles. The van der Waals surface area contributed by atoms with E-state index in [1.807, 2.05) is 79.7 Å². The predicted molar refractivity (Wildman–Crippen MR) is 194 cm³/mol. The third-order valence-corrected chi connectivity index (χ3v) is 14.3. The molecule has 3 unspecified atom stereocenters. The summed E-state index contributed by atoms with van der Waals surface area (Å²) in [6.45, 7) is 11.8. The fourth-order valence-electron chi connectivity index (χ4n) is 10.1. The molecule has 17 atom stereocenters. The summed E-state index contributed by atoms with van der Waals surface area (Å²) in [6, 6.07) is 0. The van der Waals surface area contributed by atoms with Gasteiger partial charge in [0.05, 0.1) is 48.8 Å². The SMILES string of the molecule is CC1CC[C@@H]2OC13O[B-]14O[C@H]3C(=O)O[C@H]3C[C@@H](/C=C/C[C@@H](O)C(C)(C)[C@@H]5CC[C@@H](C)[C@](O5)(O1)[C@@H](O4)C(=O)O[C@H]1C[C@@H](/C=C/C[C@@H](O)C2(C)C)O[C@@H]1C)O[C@@H]3C. The van der Waals surface area contributed by atoms with Crippen LogP contribution in [-0.2, 0) is 56.6 Å². The predicted octanol–water partition coefficient (Wildman–Crippen LogP) is 4.15. The van der Waals surface area contributed by atoms with Crippen molar-refractivity contribution in [2.45, 2.75) is 192 Å². The molecule has 308 valence electrons. The van der Waals surface area contributed by atoms with Gasteiger partial charge in [-0.05, 0) is 52.4 Å². The molecule has 0 aliphatic carbocycles. The number of ether oxygens (including phenoxy) is 6. The Labute approximate surface area is 323 Å². The number of aliphatic hydroxyl groups is 2. The number of fused-ring (bicyclic) bond motifs is 8. The summed E-state index contributed by atoms with van der Waals surface area (Å²) in [4.78, 5) is 29.2. The first-order valence-electron chi connectivity index (χ1n) is 20.5. The second kappa shape index (κ2) is 14.1. The minimum atomic E-state index is -3.42. The quantitative estimate of drug-likeness (QED) is 0.205. The van der Waals surface area contributed by atoms with Crippen molar-refractivity contribution in [1.82, 2.24) is 0 Å². The molecule has 0 aromatic rings. The van der Waals surface area contributed by atoms with Crippen molar-refractivity contribution in [3.05, 3.63) is 24.3 Å². The average molecular weight is 776 g/mol. The summed E-state index contributed by atoms with van der Waals surface area (Å²) in [5.74, 6) is -6.02. The molecule has 0 saturated carbocycles. The van der Waals surface area contributed by atoms with E-state index < -0.39 is 114 Å². The van der Waals surface area contributed by atoms with Gasteiger partial charge in [-0.2, -0.15) is 0 Å². The number of rotatable bonds is 0. The molecule has 11 bridgehead atoms. The van der Waals surface area contributed by atoms with E-state index in [9.17, 15) is 19.8 Å². The Balaban J connectivity index is 1.27. The highest BCUT2D eigenvalue weighted by atomic mass is 17.0. The fourth-order valence-corrected chi connectivity index (χ4v) is 10.1. The van der Waals surface area contributed by atoms with Gasteiger partial charge in [-0.1, -0.05) is 65.8 Å². The third kappa shape index (κ3) is 6.66. The first-order valence-corrected chi connectivity index (χ1v) is 20.5. The van der Waals surface area contributed by atoms with Gasteiger partial charge in [0.2, 0.25) is 0 Å². The van der Waals surface area contributed by atoms with E-state index in [0.717, 1.165) is 0 Å². The van der Waals surface area contributed by atoms with Crippen molar-refractivity contribution in [3.63, 3.8) is 0 Å². The first kappa shape index (κ1) is 39.9. The normalized spacial score (nSPS) is 53.3. The largest absolute Gasteiger partial charge is 0.536 e. The molecule has 0 aromatic carbocycles. The fraction of sp³-hybridized carbons (Fsp3) is 0.850. The lowest BCUT2D eigenvalue weighted by atomic mass is 9.73. The highest BCUT2D eigenvalue weighted by molar-refractivity contribution is 6.56. The smallest absolute Gasteiger partial charge is 0.504 e. The number of carbonyl (C=O) groups is 2. The Kier molecular flexibility index (Phi) is 10.2. The first-order chi connectivity index (χ1) is 25.9. The Morgan fingerprint density at radius 3 is 1.44 bits per heavy atom. The molecular weight excluding hydrogens is 715 g/mol. The van der Waals surface area contributed by atoms with Gasteiger partial charge in [0.15, 0.2) is 23.8 Å². The molecule has 15 heteroatoms. The maximum absolute atomic E-state index is 14.6. The summed E-state index contributed by atoms with van der Waals surface area (Å²) in [5, 5.41) is 23.3. The van der Waals surface area contributed by atoms with E-state index in [1.54, 1.807) is 0 Å². The highest BCUT2D eigenvalue weighted by Gasteiger charge is 2.73. The van der Waals surface area contributed by atoms with Gasteiger partial charge in [0.25, 0.3) is 0 Å². The van der Waals surface area contributed by atoms with Gasteiger partial charge in [0, 0.05) is 35.5 Å². The van der Waals surface area contributed by atoms with Crippen molar-refractivity contribution in [1.29, 1.82) is 0 Å². The monoisotopic (exact) mass is 775 g/mol. The van der Waals surface area contributed by atoms with Crippen LogP contribution in [0.1, 0.15) is 107 Å². The van der Waals surface area contributed by atoms with E-state index in [4.69, 9.17) is 47.0 Å². The van der Waals surface area contributed by atoms with E-state index in [0.29, 0.717) is 51.4 Å². The minimum absolute atomic E-state index is 0.318. The molecule has 8 aliphatic heterocycles. The second-order valence-corrected chi connectivity index (χ2v) is 18.6. The highest BCUT2D eigenvalue weighted by Crippen LogP contribution is 2.57. The van der Waals surface area contributed by atoms with Gasteiger partial charge in [-0.3, -0.25) is 0 Å². The zero-order chi connectivity index (χ0) is 39.3. The Hall–Kier alpha value is -1.92. The molecule has 0 amide bonds. The van der Waals surface area contributed by atoms with Crippen LogP contribution in [-0.4, -0.2) is 114 Å². The topological polar surface area (TPSA) is 167 Å². The lowest BCUT2D eigenvalue weighted by molar-refractivity contribution is -0.310. The molecule has 14 nitrogen and oxygen atoms in total. The lowest BCUT2D eigenvalue weighted by Crippen LogP contribution is -2.61. The van der Waals surface area contributed by atoms with Crippen LogP contribution < -0.4 is 0 Å². The Bertz CT molecular complexity index is 1440. The zero-order valence-electron chi connectivity index (χ0n) is 33.4. The number of hydrogen-bond donors (Lipinski definition) is 2. The lowest BCUT2D eigenvalue weighted by Gasteiger charge is -2.52. The molecule has 8 rings (SSSR count). The van der Waals surface area contributed by atoms with Crippen molar-refractivity contribution in [2.24, 2.45) is 22.7 Å². The summed E-state index contributed by atoms with van der Waals surface area (Å²) in [5.41, 5.74) is -1.64. The zero-order valence-corrected chi connectivity index (χ0v) is 33.4. The van der Waals surface area contributed by atoms with Crippen LogP contribution in [0.5, 0.6) is 0 Å². The molecule has 6 saturated heterocycles. The third-order valence-electron chi connectivity index (χ3n) is 14.3. The van der Waals surface area contributed by atoms with Crippen molar-refractivity contribution < 1.29 is 66.8 Å². The summed E-state index contributed by atoms with van der Waals surface area (Å²) in [7, 11) is 0. The molecule has 6 fully saturated rings. The molecule has 8 aliphatic rings. The molecule has 55 heavy (non-hydrogen) atoms. The molecule has 0 radical (unpaired) electrons. The van der Waals surface area contributed by atoms with E-state index in [1.165, 1.54) is 0 Å². The number of hydrogen-bond acceptors (Lipinski definition) is 14. The van der Waals surface area contributed by atoms with Gasteiger partial charge < -0.3 is 57.3 Å². The van der Waals surface area contributed by atoms with Gasteiger partial charge in [-0.25, -0.2) is 9.59 Å². The number of aliphatic hydroxyl groups excluding tert-OH is 2. The minimum Gasteiger partial charge on any atom is -0.504 e. The molecule has 3 spiro atoms. The van der Waals surface area contributed by atoms with Crippen LogP contribution in [0.15, 0.2) is 24.3 Å². The van der Waals surface area contributed by atoms with E-state index in [2.05, 4.69) is 0 Å². The molecule has 8 heterocycles. The molecular formula is C40H60BO14-. The van der Waals surface area contributed by atoms with Crippen LogP contribution in [0.2, 0.25) is 0 Å². The van der Waals surface area contributed by atoms with Crippen LogP contribution in [0.25, 0.3) is 0 Å². The van der Waals surface area contributed by atoms with Crippen LogP contribution in [0, 0.1) is 22.7 Å². The van der Waals surface area contributed by atoms with Crippen molar-refractivity contribution in [3.8, 4) is 0 Å². The second-order valence-electron chi connectivity index (χ2n) is 18.6. The van der Waals surface area contributed by atoms with Gasteiger partial charge in [-0.15, -0.1) is 0 Å². The Morgan fingerprint density at radius 1 is 0.636 bits per heavy atom. The Morgan fingerprint density at radius 2 is 1.04 bits per heavy atom. The van der Waals surface area contributed by atoms with Gasteiger partial charge in [0.1, 0.15) is 12.2 Å². The average Bonchev–Trinajstić information content (AvgIpc) is 3.84. The van der Waals surface area contributed by atoms with Crippen LogP contribution in [0.3, 0.4) is 0 Å². The molecule has 2 N–H and O–H groups in total. The van der Waals surface area contributed by atoms with Crippen molar-refractivity contribution in [2.75, 3.05) is 0 Å². The number of carbonyl (C=O) groups excluding carboxylic acids is 2. The number of esters is 2. The maximum Gasteiger partial charge on any atom is 0.536 e. The summed E-state index contributed by atoms with van der Waals surface area (Å²) >= 11 is 0. The standard InChI is InChI=1S/C40H60BO14/c1-21-15-17-31-37(5,6)29(42)13-9-11-26-20-28(24(4)47-26)49-36(45)34-40-22(2)16-18-32(51-40)38(7,8)30(43)14-10-12-25-19-27(23(3)46-25)48-35(44)33-39(21,50-31)54-41(52-33,53-34)55-40/h9-12,21-34,42-43H,13-20H2,1-8H3/q-1/b11-9+,12-10+/t21-,22?,23-,24-,25-,26-,27+,28+,29-,30-,31+,32+,33+,34+,39+,40?,41?/m1/s1. The van der Waals surface area contributed by atoms with Gasteiger partial charge >= 0.3 is 18.9 Å². The van der Waals surface area contributed by atoms with Crippen LogP contribution >= 0.6 is 0 Å². The maximum atomic E-state index is 14.6. The summed E-state index contributed by atoms with van der Waals surface area (Å²) in [6.07, 6.45) is 2.49.